The Kier molecular flexibility index (Phi) is 4.89. The van der Waals surface area contributed by atoms with Gasteiger partial charge in [-0.1, -0.05) is 17.7 Å². The number of carbonyl (C=O) groups excluding carboxylic acids is 1. The van der Waals surface area contributed by atoms with Crippen molar-refractivity contribution in [3.63, 3.8) is 0 Å². The van der Waals surface area contributed by atoms with Crippen LogP contribution < -0.4 is 5.32 Å². The Hall–Kier alpha value is -2.73. The van der Waals surface area contributed by atoms with E-state index in [0.717, 1.165) is 41.8 Å². The number of rotatable bonds is 4. The highest BCUT2D eigenvalue weighted by Gasteiger charge is 2.22. The van der Waals surface area contributed by atoms with E-state index in [1.54, 1.807) is 23.0 Å². The van der Waals surface area contributed by atoms with Crippen LogP contribution in [0, 0.1) is 12.7 Å². The fourth-order valence-corrected chi connectivity index (χ4v) is 3.92. The number of hydrogen-bond acceptors (Lipinski definition) is 3. The van der Waals surface area contributed by atoms with E-state index in [1.807, 2.05) is 19.9 Å². The van der Waals surface area contributed by atoms with Crippen LogP contribution in [-0.2, 0) is 12.8 Å². The molecule has 2 aromatic heterocycles. The zero-order valence-corrected chi connectivity index (χ0v) is 16.4. The quantitative estimate of drug-likeness (QED) is 0.665. The molecule has 1 aliphatic carbocycles. The minimum Gasteiger partial charge on any atom is -0.345 e. The first kappa shape index (κ1) is 18.6. The summed E-state index contributed by atoms with van der Waals surface area (Å²) in [6.45, 7) is 3.77. The number of benzene rings is 1. The van der Waals surface area contributed by atoms with Gasteiger partial charge < -0.3 is 5.32 Å². The number of aryl methyl sites for hydroxylation is 2. The highest BCUT2D eigenvalue weighted by Crippen LogP contribution is 2.26. The third kappa shape index (κ3) is 3.40. The molecule has 0 bridgehead atoms. The molecule has 4 rings (SSSR count). The van der Waals surface area contributed by atoms with Gasteiger partial charge in [0.2, 0.25) is 0 Å². The lowest BCUT2D eigenvalue weighted by Gasteiger charge is -2.15. The average Bonchev–Trinajstić information content (AvgIpc) is 3.26. The Balaban J connectivity index is 1.56. The molecule has 28 heavy (non-hydrogen) atoms. The van der Waals surface area contributed by atoms with Crippen LogP contribution in [0.4, 0.5) is 4.39 Å². The van der Waals surface area contributed by atoms with Crippen molar-refractivity contribution in [2.45, 2.75) is 39.2 Å². The summed E-state index contributed by atoms with van der Waals surface area (Å²) >= 11 is 6.24. The van der Waals surface area contributed by atoms with Gasteiger partial charge in [-0.3, -0.25) is 4.79 Å². The van der Waals surface area contributed by atoms with E-state index < -0.39 is 0 Å². The molecule has 1 aromatic carbocycles. The van der Waals surface area contributed by atoms with Gasteiger partial charge in [0.1, 0.15) is 11.0 Å². The maximum Gasteiger partial charge on any atom is 0.254 e. The number of aromatic nitrogens is 3. The number of carbonyl (C=O) groups is 1. The first-order chi connectivity index (χ1) is 13.4. The second-order valence-corrected chi connectivity index (χ2v) is 7.42. The van der Waals surface area contributed by atoms with Crippen molar-refractivity contribution in [1.29, 1.82) is 0 Å². The third-order valence-electron chi connectivity index (χ3n) is 5.16. The van der Waals surface area contributed by atoms with Gasteiger partial charge >= 0.3 is 0 Å². The topological polar surface area (TPSA) is 59.8 Å². The molecule has 2 heterocycles. The molecule has 1 amide bonds. The van der Waals surface area contributed by atoms with Gasteiger partial charge in [-0.25, -0.2) is 14.1 Å². The summed E-state index contributed by atoms with van der Waals surface area (Å²) in [4.78, 5) is 17.1. The molecular formula is C21H20ClFN4O. The minimum atomic E-state index is -0.325. The molecule has 0 spiro atoms. The number of nitrogens with one attached hydrogen (secondary N) is 1. The summed E-state index contributed by atoms with van der Waals surface area (Å²) < 4.78 is 15.2. The zero-order valence-electron chi connectivity index (χ0n) is 15.7. The fraction of sp³-hybridized carbons (Fsp3) is 0.286. The third-order valence-corrected chi connectivity index (χ3v) is 5.45. The average molecular weight is 399 g/mol. The van der Waals surface area contributed by atoms with Crippen LogP contribution in [0.3, 0.4) is 0 Å². The van der Waals surface area contributed by atoms with Crippen LogP contribution in [0.2, 0.25) is 5.15 Å². The predicted molar refractivity (Wildman–Crippen MR) is 105 cm³/mol. The van der Waals surface area contributed by atoms with E-state index in [9.17, 15) is 9.18 Å². The summed E-state index contributed by atoms with van der Waals surface area (Å²) in [7, 11) is 0. The molecule has 1 aliphatic rings. The van der Waals surface area contributed by atoms with Crippen molar-refractivity contribution in [2.75, 3.05) is 0 Å². The first-order valence-corrected chi connectivity index (χ1v) is 9.61. The second-order valence-electron chi connectivity index (χ2n) is 7.06. The molecule has 7 heteroatoms. The Morgan fingerprint density at radius 1 is 1.32 bits per heavy atom. The maximum absolute atomic E-state index is 13.5. The monoisotopic (exact) mass is 398 g/mol. The smallest absolute Gasteiger partial charge is 0.254 e. The summed E-state index contributed by atoms with van der Waals surface area (Å²) in [5, 5.41) is 7.56. The highest BCUT2D eigenvalue weighted by atomic mass is 35.5. The Labute approximate surface area is 167 Å². The largest absolute Gasteiger partial charge is 0.345 e. The number of halogens is 2. The Bertz CT molecular complexity index is 1060. The van der Waals surface area contributed by atoms with E-state index in [0.29, 0.717) is 11.3 Å². The van der Waals surface area contributed by atoms with Gasteiger partial charge in [-0.15, -0.1) is 0 Å². The SMILES string of the molecule is Cc1c(C(C)NC(=O)c2cc3c(nc2Cl)CCC3)cnn1-c1cccc(F)c1. The van der Waals surface area contributed by atoms with E-state index in [-0.39, 0.29) is 22.9 Å². The summed E-state index contributed by atoms with van der Waals surface area (Å²) in [6, 6.07) is 7.79. The van der Waals surface area contributed by atoms with Gasteiger partial charge in [0.05, 0.1) is 23.5 Å². The molecule has 0 fully saturated rings. The standard InChI is InChI=1S/C21H20ClFN4O/c1-12(18-11-24-27(13(18)2)16-7-4-6-15(23)10-16)25-21(28)17-9-14-5-3-8-19(14)26-20(17)22/h4,6-7,9-12H,3,5,8H2,1-2H3,(H,25,28). The summed E-state index contributed by atoms with van der Waals surface area (Å²) in [5.41, 5.74) is 4.79. The highest BCUT2D eigenvalue weighted by molar-refractivity contribution is 6.32. The molecule has 1 atom stereocenters. The van der Waals surface area contributed by atoms with E-state index in [4.69, 9.17) is 11.6 Å². The zero-order chi connectivity index (χ0) is 19.8. The molecule has 1 N–H and O–H groups in total. The molecule has 0 saturated carbocycles. The number of amides is 1. The van der Waals surface area contributed by atoms with Gasteiger partial charge in [-0.2, -0.15) is 5.10 Å². The van der Waals surface area contributed by atoms with Crippen molar-refractivity contribution < 1.29 is 9.18 Å². The van der Waals surface area contributed by atoms with Crippen molar-refractivity contribution in [3.05, 3.63) is 75.6 Å². The first-order valence-electron chi connectivity index (χ1n) is 9.23. The van der Waals surface area contributed by atoms with Gasteiger partial charge in [0.15, 0.2) is 0 Å². The lowest BCUT2D eigenvalue weighted by Crippen LogP contribution is -2.27. The number of nitrogens with zero attached hydrogens (tertiary/aromatic N) is 3. The molecule has 5 nitrogen and oxygen atoms in total. The Morgan fingerprint density at radius 3 is 2.93 bits per heavy atom. The Morgan fingerprint density at radius 2 is 2.14 bits per heavy atom. The van der Waals surface area contributed by atoms with Crippen LogP contribution in [-0.4, -0.2) is 20.7 Å². The molecule has 3 aromatic rings. The molecule has 0 radical (unpaired) electrons. The molecule has 0 saturated heterocycles. The minimum absolute atomic E-state index is 0.234. The molecule has 1 unspecified atom stereocenters. The van der Waals surface area contributed by atoms with Crippen LogP contribution >= 0.6 is 11.6 Å². The van der Waals surface area contributed by atoms with Crippen molar-refractivity contribution in [1.82, 2.24) is 20.1 Å². The van der Waals surface area contributed by atoms with E-state index in [2.05, 4.69) is 15.4 Å². The lowest BCUT2D eigenvalue weighted by atomic mass is 10.1. The van der Waals surface area contributed by atoms with Crippen molar-refractivity contribution in [2.24, 2.45) is 0 Å². The van der Waals surface area contributed by atoms with Crippen molar-refractivity contribution in [3.8, 4) is 5.69 Å². The molecular weight excluding hydrogens is 379 g/mol. The second kappa shape index (κ2) is 7.36. The van der Waals surface area contributed by atoms with E-state index in [1.165, 1.54) is 12.1 Å². The number of fused-ring (bicyclic) bond motifs is 1. The van der Waals surface area contributed by atoms with Gasteiger partial charge in [0.25, 0.3) is 5.91 Å². The molecule has 0 aliphatic heterocycles. The van der Waals surface area contributed by atoms with Crippen LogP contribution in [0.5, 0.6) is 0 Å². The number of hydrogen-bond donors (Lipinski definition) is 1. The van der Waals surface area contributed by atoms with Gasteiger partial charge in [-0.05, 0) is 62.9 Å². The number of pyridine rings is 1. The van der Waals surface area contributed by atoms with Crippen LogP contribution in [0.15, 0.2) is 36.5 Å². The lowest BCUT2D eigenvalue weighted by molar-refractivity contribution is 0.0939. The maximum atomic E-state index is 13.5. The van der Waals surface area contributed by atoms with Crippen LogP contribution in [0.25, 0.3) is 5.69 Å². The predicted octanol–water partition coefficient (Wildman–Crippen LogP) is 4.35. The van der Waals surface area contributed by atoms with E-state index >= 15 is 0 Å². The fourth-order valence-electron chi connectivity index (χ4n) is 3.67. The normalized spacial score (nSPS) is 14.0. The summed E-state index contributed by atoms with van der Waals surface area (Å²) in [6.07, 6.45) is 4.56. The van der Waals surface area contributed by atoms with Crippen molar-refractivity contribution >= 4 is 17.5 Å². The summed E-state index contributed by atoms with van der Waals surface area (Å²) in [5.74, 6) is -0.591. The van der Waals surface area contributed by atoms with Gasteiger partial charge in [0, 0.05) is 17.0 Å². The molecule has 144 valence electrons. The van der Waals surface area contributed by atoms with Crippen LogP contribution in [0.1, 0.15) is 52.3 Å².